The van der Waals surface area contributed by atoms with Gasteiger partial charge in [0.15, 0.2) is 0 Å². The SMILES string of the molecule is COc1cccc(O)c1C(=O)NCC1(c2ccccc2)CCN(S(=O)(=O)n2ccnc2C)CC1. The maximum absolute atomic E-state index is 13.1. The molecule has 4 rings (SSSR count). The zero-order chi connectivity index (χ0) is 24.3. The van der Waals surface area contributed by atoms with Crippen LogP contribution >= 0.6 is 0 Å². The summed E-state index contributed by atoms with van der Waals surface area (Å²) in [5, 5.41) is 13.2. The van der Waals surface area contributed by atoms with Gasteiger partial charge in [0.25, 0.3) is 5.91 Å². The molecule has 1 fully saturated rings. The first-order valence-corrected chi connectivity index (χ1v) is 12.4. The first-order valence-electron chi connectivity index (χ1n) is 11.0. The van der Waals surface area contributed by atoms with E-state index in [2.05, 4.69) is 10.3 Å². The lowest BCUT2D eigenvalue weighted by molar-refractivity contribution is 0.0927. The van der Waals surface area contributed by atoms with Gasteiger partial charge in [0.2, 0.25) is 0 Å². The number of ether oxygens (including phenoxy) is 1. The molecule has 1 aliphatic rings. The fraction of sp³-hybridized carbons (Fsp3) is 0.333. The molecule has 0 spiro atoms. The predicted molar refractivity (Wildman–Crippen MR) is 127 cm³/mol. The van der Waals surface area contributed by atoms with Crippen molar-refractivity contribution in [3.05, 3.63) is 77.9 Å². The molecule has 180 valence electrons. The number of methoxy groups -OCH3 is 1. The molecule has 2 aromatic carbocycles. The summed E-state index contributed by atoms with van der Waals surface area (Å²) in [7, 11) is -2.28. The minimum Gasteiger partial charge on any atom is -0.507 e. The van der Waals surface area contributed by atoms with E-state index in [9.17, 15) is 18.3 Å². The van der Waals surface area contributed by atoms with Gasteiger partial charge in [-0.05, 0) is 37.5 Å². The summed E-state index contributed by atoms with van der Waals surface area (Å²) in [6, 6.07) is 14.4. The first-order chi connectivity index (χ1) is 16.3. The Hall–Kier alpha value is -3.37. The number of phenolic OH excluding ortho intramolecular Hbond substituents is 1. The van der Waals surface area contributed by atoms with Crippen LogP contribution in [-0.4, -0.2) is 59.4 Å². The number of rotatable bonds is 7. The summed E-state index contributed by atoms with van der Waals surface area (Å²) in [5.41, 5.74) is 0.629. The number of amides is 1. The Morgan fingerprint density at radius 1 is 1.15 bits per heavy atom. The van der Waals surface area contributed by atoms with E-state index in [0.29, 0.717) is 31.8 Å². The van der Waals surface area contributed by atoms with E-state index in [0.717, 1.165) is 5.56 Å². The molecule has 1 amide bonds. The number of aryl methyl sites for hydroxylation is 1. The van der Waals surface area contributed by atoms with Gasteiger partial charge in [-0.1, -0.05) is 36.4 Å². The van der Waals surface area contributed by atoms with Crippen LogP contribution in [-0.2, 0) is 15.6 Å². The van der Waals surface area contributed by atoms with E-state index in [4.69, 9.17) is 4.74 Å². The Morgan fingerprint density at radius 2 is 1.85 bits per heavy atom. The monoisotopic (exact) mass is 484 g/mol. The molecule has 34 heavy (non-hydrogen) atoms. The largest absolute Gasteiger partial charge is 0.507 e. The number of piperidine rings is 1. The second-order valence-electron chi connectivity index (χ2n) is 8.36. The fourth-order valence-corrected chi connectivity index (χ4v) is 5.98. The number of hydrogen-bond donors (Lipinski definition) is 2. The van der Waals surface area contributed by atoms with Crippen LogP contribution in [0.25, 0.3) is 0 Å². The Kier molecular flexibility index (Phi) is 6.63. The van der Waals surface area contributed by atoms with E-state index < -0.39 is 21.5 Å². The van der Waals surface area contributed by atoms with E-state index in [-0.39, 0.29) is 23.6 Å². The van der Waals surface area contributed by atoms with Gasteiger partial charge in [0, 0.05) is 37.4 Å². The predicted octanol–water partition coefficient (Wildman–Crippen LogP) is 2.46. The van der Waals surface area contributed by atoms with Gasteiger partial charge in [-0.2, -0.15) is 12.7 Å². The van der Waals surface area contributed by atoms with Crippen molar-refractivity contribution in [3.63, 3.8) is 0 Å². The average molecular weight is 485 g/mol. The molecule has 9 nitrogen and oxygen atoms in total. The highest BCUT2D eigenvalue weighted by Gasteiger charge is 2.40. The molecule has 1 aromatic heterocycles. The quantitative estimate of drug-likeness (QED) is 0.533. The smallest absolute Gasteiger partial charge is 0.308 e. The normalized spacial score (nSPS) is 16.2. The average Bonchev–Trinajstić information content (AvgIpc) is 3.30. The molecular formula is C24H28N4O5S. The van der Waals surface area contributed by atoms with Crippen molar-refractivity contribution in [2.45, 2.75) is 25.2 Å². The van der Waals surface area contributed by atoms with Crippen molar-refractivity contribution in [1.29, 1.82) is 0 Å². The molecular weight excluding hydrogens is 456 g/mol. The summed E-state index contributed by atoms with van der Waals surface area (Å²) in [4.78, 5) is 17.0. The number of phenols is 1. The standard InChI is InChI=1S/C24H28N4O5S/c1-18-25-13-16-28(18)34(31,32)27-14-11-24(12-15-27,19-7-4-3-5-8-19)17-26-23(30)22-20(29)9-6-10-21(22)33-2/h3-10,13,16,29H,11-12,14-15,17H2,1-2H3,(H,26,30). The first kappa shape index (κ1) is 23.8. The molecule has 1 aliphatic heterocycles. The number of hydrogen-bond acceptors (Lipinski definition) is 6. The minimum absolute atomic E-state index is 0.0730. The molecule has 3 aromatic rings. The molecule has 2 heterocycles. The number of carbonyl (C=O) groups is 1. The fourth-order valence-electron chi connectivity index (χ4n) is 4.49. The van der Waals surface area contributed by atoms with Gasteiger partial charge in [-0.15, -0.1) is 0 Å². The Balaban J connectivity index is 1.57. The number of nitrogens with zero attached hydrogens (tertiary/aromatic N) is 3. The van der Waals surface area contributed by atoms with Crippen LogP contribution in [0.3, 0.4) is 0 Å². The van der Waals surface area contributed by atoms with E-state index in [1.165, 1.54) is 33.8 Å². The lowest BCUT2D eigenvalue weighted by Crippen LogP contribution is -2.51. The maximum atomic E-state index is 13.1. The second-order valence-corrected chi connectivity index (χ2v) is 10.2. The minimum atomic E-state index is -3.72. The number of imidazole rings is 1. The van der Waals surface area contributed by atoms with Crippen LogP contribution in [0.4, 0.5) is 0 Å². The lowest BCUT2D eigenvalue weighted by Gasteiger charge is -2.42. The lowest BCUT2D eigenvalue weighted by atomic mass is 9.73. The Labute approximate surface area is 199 Å². The van der Waals surface area contributed by atoms with Crippen molar-refractivity contribution in [2.75, 3.05) is 26.7 Å². The zero-order valence-electron chi connectivity index (χ0n) is 19.1. The summed E-state index contributed by atoms with van der Waals surface area (Å²) in [5.74, 6) is 0.0724. The van der Waals surface area contributed by atoms with Crippen LogP contribution in [0.1, 0.15) is 34.6 Å². The van der Waals surface area contributed by atoms with Crippen LogP contribution < -0.4 is 10.1 Å². The number of benzene rings is 2. The van der Waals surface area contributed by atoms with Crippen molar-refractivity contribution in [1.82, 2.24) is 18.6 Å². The van der Waals surface area contributed by atoms with Gasteiger partial charge in [-0.25, -0.2) is 8.96 Å². The van der Waals surface area contributed by atoms with Crippen LogP contribution in [0.5, 0.6) is 11.5 Å². The van der Waals surface area contributed by atoms with E-state index in [1.54, 1.807) is 19.1 Å². The van der Waals surface area contributed by atoms with Gasteiger partial charge in [0.05, 0.1) is 7.11 Å². The van der Waals surface area contributed by atoms with Crippen LogP contribution in [0.15, 0.2) is 60.9 Å². The summed E-state index contributed by atoms with van der Waals surface area (Å²) in [6.45, 7) is 2.53. The Bertz CT molecular complexity index is 1270. The highest BCUT2D eigenvalue weighted by molar-refractivity contribution is 7.87. The molecule has 0 unspecified atom stereocenters. The molecule has 0 aliphatic carbocycles. The van der Waals surface area contributed by atoms with Crippen LogP contribution in [0, 0.1) is 6.92 Å². The summed E-state index contributed by atoms with van der Waals surface area (Å²) >= 11 is 0. The van der Waals surface area contributed by atoms with E-state index in [1.807, 2.05) is 30.3 Å². The third kappa shape index (κ3) is 4.38. The number of carbonyl (C=O) groups excluding carboxylic acids is 1. The molecule has 0 atom stereocenters. The zero-order valence-corrected chi connectivity index (χ0v) is 20.0. The Morgan fingerprint density at radius 3 is 2.47 bits per heavy atom. The number of nitrogens with one attached hydrogen (secondary N) is 1. The van der Waals surface area contributed by atoms with Crippen molar-refractivity contribution in [2.24, 2.45) is 0 Å². The van der Waals surface area contributed by atoms with Gasteiger partial charge < -0.3 is 15.2 Å². The molecule has 0 bridgehead atoms. The van der Waals surface area contributed by atoms with Crippen molar-refractivity contribution in [3.8, 4) is 11.5 Å². The van der Waals surface area contributed by atoms with Crippen LogP contribution in [0.2, 0.25) is 0 Å². The van der Waals surface area contributed by atoms with Gasteiger partial charge in [0.1, 0.15) is 22.9 Å². The third-order valence-corrected chi connectivity index (χ3v) is 8.36. The molecule has 10 heteroatoms. The maximum Gasteiger partial charge on any atom is 0.308 e. The highest BCUT2D eigenvalue weighted by atomic mass is 32.2. The van der Waals surface area contributed by atoms with E-state index >= 15 is 0 Å². The molecule has 0 radical (unpaired) electrons. The van der Waals surface area contributed by atoms with Gasteiger partial charge >= 0.3 is 10.2 Å². The third-order valence-electron chi connectivity index (χ3n) is 6.46. The summed E-state index contributed by atoms with van der Waals surface area (Å²) in [6.07, 6.45) is 3.95. The molecule has 0 saturated carbocycles. The molecule has 2 N–H and O–H groups in total. The highest BCUT2D eigenvalue weighted by Crippen LogP contribution is 2.36. The molecule has 1 saturated heterocycles. The van der Waals surface area contributed by atoms with Crippen molar-refractivity contribution >= 4 is 16.1 Å². The summed E-state index contributed by atoms with van der Waals surface area (Å²) < 4.78 is 34.1. The number of aromatic nitrogens is 2. The second kappa shape index (κ2) is 9.47. The van der Waals surface area contributed by atoms with Gasteiger partial charge in [-0.3, -0.25) is 4.79 Å². The number of aromatic hydroxyl groups is 1. The van der Waals surface area contributed by atoms with Crippen molar-refractivity contribution < 1.29 is 23.1 Å². The topological polar surface area (TPSA) is 114 Å².